The van der Waals surface area contributed by atoms with Crippen molar-refractivity contribution in [2.45, 2.75) is 13.3 Å². The number of aliphatic carboxylic acids is 1. The molecule has 1 aromatic carbocycles. The second kappa shape index (κ2) is 7.40. The number of ether oxygens (including phenoxy) is 2. The molecule has 0 spiro atoms. The molecule has 1 unspecified atom stereocenters. The van der Waals surface area contributed by atoms with Gasteiger partial charge in [0, 0.05) is 25.9 Å². The minimum atomic E-state index is -1.06. The molecule has 1 amide bonds. The van der Waals surface area contributed by atoms with Gasteiger partial charge in [0.2, 0.25) is 0 Å². The lowest BCUT2D eigenvalue weighted by Gasteiger charge is -2.23. The maximum Gasteiger partial charge on any atom is 0.313 e. The quantitative estimate of drug-likeness (QED) is 0.829. The lowest BCUT2D eigenvalue weighted by Crippen LogP contribution is -2.40. The molecule has 1 atom stereocenters. The zero-order valence-electron chi connectivity index (χ0n) is 15.6. The number of aromatic nitrogens is 2. The third-order valence-electron chi connectivity index (χ3n) is 4.94. The second-order valence-corrected chi connectivity index (χ2v) is 6.78. The Labute approximate surface area is 157 Å². The topological polar surface area (TPSA) is 93.9 Å². The highest BCUT2D eigenvalue weighted by molar-refractivity contribution is 5.93. The van der Waals surface area contributed by atoms with Crippen molar-refractivity contribution < 1.29 is 24.2 Å². The van der Waals surface area contributed by atoms with Crippen molar-refractivity contribution in [3.8, 4) is 11.4 Å². The van der Waals surface area contributed by atoms with Crippen molar-refractivity contribution in [3.63, 3.8) is 0 Å². The fourth-order valence-electron chi connectivity index (χ4n) is 3.40. The van der Waals surface area contributed by atoms with E-state index >= 15 is 0 Å². The number of carbonyl (C=O) groups excluding carboxylic acids is 1. The van der Waals surface area contributed by atoms with Crippen LogP contribution >= 0.6 is 0 Å². The van der Waals surface area contributed by atoms with E-state index in [2.05, 4.69) is 5.10 Å². The van der Waals surface area contributed by atoms with Gasteiger partial charge < -0.3 is 19.5 Å². The maximum absolute atomic E-state index is 12.9. The summed E-state index contributed by atoms with van der Waals surface area (Å²) < 4.78 is 11.9. The lowest BCUT2D eigenvalue weighted by molar-refractivity contribution is -0.151. The molecule has 8 heteroatoms. The summed E-state index contributed by atoms with van der Waals surface area (Å²) in [6.45, 7) is 2.42. The summed E-state index contributed by atoms with van der Waals surface area (Å²) in [7, 11) is 3.07. The molecule has 0 saturated carbocycles. The number of aryl methyl sites for hydroxylation is 1. The molecular weight excluding hydrogens is 350 g/mol. The predicted molar refractivity (Wildman–Crippen MR) is 97.3 cm³/mol. The third-order valence-corrected chi connectivity index (χ3v) is 4.94. The number of rotatable bonds is 6. The average molecular weight is 373 g/mol. The van der Waals surface area contributed by atoms with Crippen molar-refractivity contribution in [2.24, 2.45) is 5.41 Å². The molecule has 1 aliphatic heterocycles. The zero-order chi connectivity index (χ0) is 19.6. The Hall–Kier alpha value is -2.87. The van der Waals surface area contributed by atoms with E-state index in [4.69, 9.17) is 9.47 Å². The first-order chi connectivity index (χ1) is 12.9. The van der Waals surface area contributed by atoms with Gasteiger partial charge in [-0.2, -0.15) is 5.10 Å². The Morgan fingerprint density at radius 1 is 1.26 bits per heavy atom. The lowest BCUT2D eigenvalue weighted by atomic mass is 9.88. The second-order valence-electron chi connectivity index (χ2n) is 6.78. The molecular formula is C19H23N3O5. The van der Waals surface area contributed by atoms with Crippen LogP contribution in [0, 0.1) is 12.3 Å². The Morgan fingerprint density at radius 3 is 2.56 bits per heavy atom. The number of carbonyl (C=O) groups is 2. The standard InChI is InChI=1S/C19H23N3O5/c1-13-10-16(20-22(13)14-4-6-15(27-3)7-5-14)17(23)21-9-8-19(11-21,12-26-2)18(24)25/h4-7,10H,8-9,11-12H2,1-3H3,(H,24,25). The molecule has 144 valence electrons. The average Bonchev–Trinajstić information content (AvgIpc) is 3.26. The monoisotopic (exact) mass is 373 g/mol. The van der Waals surface area contributed by atoms with Gasteiger partial charge in [-0.1, -0.05) is 0 Å². The number of carboxylic acid groups (broad SMARTS) is 1. The molecule has 2 aromatic rings. The van der Waals surface area contributed by atoms with Crippen LogP contribution in [-0.4, -0.2) is 65.6 Å². The van der Waals surface area contributed by atoms with Crippen LogP contribution in [0.5, 0.6) is 5.75 Å². The van der Waals surface area contributed by atoms with Crippen LogP contribution in [0.3, 0.4) is 0 Å². The highest BCUT2D eigenvalue weighted by Crippen LogP contribution is 2.32. The van der Waals surface area contributed by atoms with E-state index in [-0.39, 0.29) is 19.1 Å². The Balaban J connectivity index is 1.81. The van der Waals surface area contributed by atoms with Crippen LogP contribution in [0.1, 0.15) is 22.6 Å². The molecule has 1 fully saturated rings. The highest BCUT2D eigenvalue weighted by atomic mass is 16.5. The van der Waals surface area contributed by atoms with Crippen molar-refractivity contribution in [1.29, 1.82) is 0 Å². The molecule has 1 N–H and O–H groups in total. The minimum Gasteiger partial charge on any atom is -0.497 e. The summed E-state index contributed by atoms with van der Waals surface area (Å²) in [6.07, 6.45) is 0.361. The van der Waals surface area contributed by atoms with Gasteiger partial charge in [-0.05, 0) is 43.7 Å². The number of hydrogen-bond acceptors (Lipinski definition) is 5. The minimum absolute atomic E-state index is 0.0748. The number of likely N-dealkylation sites (tertiary alicyclic amines) is 1. The van der Waals surface area contributed by atoms with E-state index < -0.39 is 11.4 Å². The SMILES string of the molecule is COCC1(C(=O)O)CCN(C(=O)c2cc(C)n(-c3ccc(OC)cc3)n2)C1. The number of hydrogen-bond donors (Lipinski definition) is 1. The van der Waals surface area contributed by atoms with Crippen LogP contribution in [0.15, 0.2) is 30.3 Å². The van der Waals surface area contributed by atoms with Gasteiger partial charge in [-0.3, -0.25) is 9.59 Å². The van der Waals surface area contributed by atoms with Gasteiger partial charge in [-0.25, -0.2) is 4.68 Å². The smallest absolute Gasteiger partial charge is 0.313 e. The van der Waals surface area contributed by atoms with Crippen molar-refractivity contribution in [1.82, 2.24) is 14.7 Å². The van der Waals surface area contributed by atoms with Crippen molar-refractivity contribution in [2.75, 3.05) is 33.9 Å². The molecule has 1 aliphatic rings. The van der Waals surface area contributed by atoms with Crippen LogP contribution in [0.4, 0.5) is 0 Å². The zero-order valence-corrected chi connectivity index (χ0v) is 15.6. The molecule has 0 radical (unpaired) electrons. The van der Waals surface area contributed by atoms with Gasteiger partial charge in [-0.15, -0.1) is 0 Å². The van der Waals surface area contributed by atoms with Gasteiger partial charge in [0.1, 0.15) is 11.2 Å². The van der Waals surface area contributed by atoms with Crippen LogP contribution < -0.4 is 4.74 Å². The summed E-state index contributed by atoms with van der Waals surface area (Å²) in [5.74, 6) is -0.482. The van der Waals surface area contributed by atoms with Crippen molar-refractivity contribution in [3.05, 3.63) is 41.7 Å². The van der Waals surface area contributed by atoms with E-state index in [1.54, 1.807) is 17.9 Å². The van der Waals surface area contributed by atoms with Gasteiger partial charge in [0.25, 0.3) is 5.91 Å². The molecule has 1 saturated heterocycles. The number of amides is 1. The first-order valence-corrected chi connectivity index (χ1v) is 8.63. The Morgan fingerprint density at radius 2 is 1.96 bits per heavy atom. The number of methoxy groups -OCH3 is 2. The van der Waals surface area contributed by atoms with Gasteiger partial charge in [0.15, 0.2) is 5.69 Å². The van der Waals surface area contributed by atoms with E-state index in [0.717, 1.165) is 17.1 Å². The largest absolute Gasteiger partial charge is 0.497 e. The third kappa shape index (κ3) is 3.52. The molecule has 0 aliphatic carbocycles. The molecule has 27 heavy (non-hydrogen) atoms. The summed E-state index contributed by atoms with van der Waals surface area (Å²) in [5, 5.41) is 14.0. The molecule has 8 nitrogen and oxygen atoms in total. The fraction of sp³-hybridized carbons (Fsp3) is 0.421. The Kier molecular flexibility index (Phi) is 5.18. The molecule has 0 bridgehead atoms. The summed E-state index contributed by atoms with van der Waals surface area (Å²) in [5.41, 5.74) is 0.858. The van der Waals surface area contributed by atoms with Crippen LogP contribution in [-0.2, 0) is 9.53 Å². The normalized spacial score (nSPS) is 19.3. The van der Waals surface area contributed by atoms with Crippen LogP contribution in [0.25, 0.3) is 5.69 Å². The summed E-state index contributed by atoms with van der Waals surface area (Å²) in [4.78, 5) is 26.1. The highest BCUT2D eigenvalue weighted by Gasteiger charge is 2.46. The summed E-state index contributed by atoms with van der Waals surface area (Å²) >= 11 is 0. The van der Waals surface area contributed by atoms with E-state index in [1.807, 2.05) is 31.2 Å². The fourth-order valence-corrected chi connectivity index (χ4v) is 3.40. The maximum atomic E-state index is 12.9. The predicted octanol–water partition coefficient (Wildman–Crippen LogP) is 1.75. The number of carboxylic acids is 1. The number of benzene rings is 1. The van der Waals surface area contributed by atoms with E-state index in [1.165, 1.54) is 12.0 Å². The van der Waals surface area contributed by atoms with Gasteiger partial charge >= 0.3 is 5.97 Å². The van der Waals surface area contributed by atoms with E-state index in [0.29, 0.717) is 18.7 Å². The summed E-state index contributed by atoms with van der Waals surface area (Å²) in [6, 6.07) is 9.08. The molecule has 1 aromatic heterocycles. The van der Waals surface area contributed by atoms with Gasteiger partial charge in [0.05, 0.1) is 19.4 Å². The Bertz CT molecular complexity index is 846. The van der Waals surface area contributed by atoms with Crippen molar-refractivity contribution >= 4 is 11.9 Å². The first kappa shape index (κ1) is 18.9. The van der Waals surface area contributed by atoms with Crippen LogP contribution in [0.2, 0.25) is 0 Å². The molecule has 2 heterocycles. The molecule has 3 rings (SSSR count). The first-order valence-electron chi connectivity index (χ1n) is 8.63. The number of nitrogens with zero attached hydrogens (tertiary/aromatic N) is 3. The van der Waals surface area contributed by atoms with E-state index in [9.17, 15) is 14.7 Å².